The SMILES string of the molecule is CCCCCCCCCCCCCCCCCCNC(=O)OCC(COC(=O)Nc1scc(C)[n+]1CC)OC. The minimum Gasteiger partial charge on any atom is -0.447 e. The molecule has 0 radical (unpaired) electrons. The van der Waals surface area contributed by atoms with Crippen LogP contribution in [0.5, 0.6) is 0 Å². The van der Waals surface area contributed by atoms with Crippen LogP contribution in [-0.4, -0.2) is 45.2 Å². The second-order valence-electron chi connectivity index (χ2n) is 10.3. The lowest BCUT2D eigenvalue weighted by Crippen LogP contribution is -2.38. The van der Waals surface area contributed by atoms with Crippen LogP contribution in [0.25, 0.3) is 0 Å². The van der Waals surface area contributed by atoms with Crippen molar-refractivity contribution in [3.63, 3.8) is 0 Å². The average molecular weight is 571 g/mol. The van der Waals surface area contributed by atoms with Gasteiger partial charge in [-0.15, -0.1) is 0 Å². The molecule has 9 heteroatoms. The number of amides is 2. The predicted molar refractivity (Wildman–Crippen MR) is 160 cm³/mol. The largest absolute Gasteiger partial charge is 0.505 e. The van der Waals surface area contributed by atoms with E-state index >= 15 is 0 Å². The Morgan fingerprint density at radius 3 is 1.77 bits per heavy atom. The van der Waals surface area contributed by atoms with Gasteiger partial charge in [-0.25, -0.2) is 9.36 Å². The Labute approximate surface area is 241 Å². The summed E-state index contributed by atoms with van der Waals surface area (Å²) in [4.78, 5) is 24.1. The Hall–Kier alpha value is -1.87. The molecule has 0 spiro atoms. The zero-order chi connectivity index (χ0) is 28.6. The van der Waals surface area contributed by atoms with E-state index in [2.05, 4.69) is 17.6 Å². The molecule has 1 unspecified atom stereocenters. The smallest absolute Gasteiger partial charge is 0.447 e. The Morgan fingerprint density at radius 1 is 0.795 bits per heavy atom. The highest BCUT2D eigenvalue weighted by molar-refractivity contribution is 7.13. The van der Waals surface area contributed by atoms with Gasteiger partial charge in [0.15, 0.2) is 0 Å². The molecule has 1 aromatic rings. The van der Waals surface area contributed by atoms with Crippen molar-refractivity contribution in [2.24, 2.45) is 0 Å². The molecule has 0 aliphatic rings. The molecular formula is C30H56N3O5S+. The van der Waals surface area contributed by atoms with E-state index in [1.807, 2.05) is 23.8 Å². The second kappa shape index (κ2) is 24.0. The standard InChI is InChI=1S/C30H55N3O5S/c1-5-7-8-9-10-11-12-13-14-15-16-17-18-19-20-21-22-31-29(34)37-23-27(36-4)24-38-30(35)32-28-33(6-2)26(3)25-39-28/h25,27H,5-24H2,1-4H3,(H,31,34)/p+1. The molecule has 0 aliphatic heterocycles. The van der Waals surface area contributed by atoms with Crippen molar-refractivity contribution < 1.29 is 28.4 Å². The van der Waals surface area contributed by atoms with Crippen LogP contribution in [0.2, 0.25) is 0 Å². The highest BCUT2D eigenvalue weighted by atomic mass is 32.1. The van der Waals surface area contributed by atoms with E-state index < -0.39 is 18.3 Å². The van der Waals surface area contributed by atoms with Gasteiger partial charge >= 0.3 is 17.3 Å². The molecule has 39 heavy (non-hydrogen) atoms. The van der Waals surface area contributed by atoms with Crippen LogP contribution in [0.4, 0.5) is 14.7 Å². The molecule has 0 aliphatic carbocycles. The molecule has 0 fully saturated rings. The first-order chi connectivity index (χ1) is 19.0. The molecule has 0 bridgehead atoms. The summed E-state index contributed by atoms with van der Waals surface area (Å²) in [6.45, 7) is 7.64. The summed E-state index contributed by atoms with van der Waals surface area (Å²) in [5, 5.41) is 8.23. The Bertz CT molecular complexity index is 759. The minimum absolute atomic E-state index is 0.00871. The number of carbonyl (C=O) groups excluding carboxylic acids is 2. The van der Waals surface area contributed by atoms with Gasteiger partial charge in [0, 0.05) is 19.0 Å². The molecule has 0 saturated carbocycles. The maximum atomic E-state index is 12.1. The molecule has 1 rings (SSSR count). The molecule has 8 nitrogen and oxygen atoms in total. The summed E-state index contributed by atoms with van der Waals surface area (Å²) >= 11 is 1.45. The second-order valence-corrected chi connectivity index (χ2v) is 11.2. The van der Waals surface area contributed by atoms with Crippen molar-refractivity contribution in [1.29, 1.82) is 0 Å². The first-order valence-corrected chi connectivity index (χ1v) is 16.2. The minimum atomic E-state index is -0.561. The molecular weight excluding hydrogens is 514 g/mol. The monoisotopic (exact) mass is 570 g/mol. The van der Waals surface area contributed by atoms with Crippen LogP contribution >= 0.6 is 11.3 Å². The van der Waals surface area contributed by atoms with Crippen molar-refractivity contribution >= 4 is 28.7 Å². The average Bonchev–Trinajstić information content (AvgIpc) is 3.28. The van der Waals surface area contributed by atoms with Crippen LogP contribution in [-0.2, 0) is 20.8 Å². The van der Waals surface area contributed by atoms with E-state index in [9.17, 15) is 9.59 Å². The number of carbonyl (C=O) groups is 2. The number of nitrogens with one attached hydrogen (secondary N) is 2. The van der Waals surface area contributed by atoms with Crippen LogP contribution in [0.1, 0.15) is 122 Å². The lowest BCUT2D eigenvalue weighted by atomic mass is 10.0. The maximum absolute atomic E-state index is 12.1. The van der Waals surface area contributed by atoms with Crippen molar-refractivity contribution in [2.45, 2.75) is 136 Å². The van der Waals surface area contributed by atoms with E-state index in [0.717, 1.165) is 30.2 Å². The fraction of sp³-hybridized carbons (Fsp3) is 0.833. The number of nitrogens with zero attached hydrogens (tertiary/aromatic N) is 1. The summed E-state index contributed by atoms with van der Waals surface area (Å²) in [5.41, 5.74) is 1.08. The lowest BCUT2D eigenvalue weighted by Gasteiger charge is -2.15. The van der Waals surface area contributed by atoms with Crippen LogP contribution < -0.4 is 15.2 Å². The number of rotatable bonds is 24. The van der Waals surface area contributed by atoms with Crippen molar-refractivity contribution in [2.75, 3.05) is 32.2 Å². The highest BCUT2D eigenvalue weighted by Crippen LogP contribution is 2.14. The Morgan fingerprint density at radius 2 is 1.28 bits per heavy atom. The van der Waals surface area contributed by atoms with Gasteiger partial charge in [-0.05, 0) is 20.3 Å². The highest BCUT2D eigenvalue weighted by Gasteiger charge is 2.21. The van der Waals surface area contributed by atoms with Crippen LogP contribution in [0, 0.1) is 6.92 Å². The first-order valence-electron chi connectivity index (χ1n) is 15.4. The number of alkyl carbamates (subject to hydrolysis) is 1. The zero-order valence-corrected chi connectivity index (χ0v) is 26.0. The van der Waals surface area contributed by atoms with Gasteiger partial charge in [-0.1, -0.05) is 115 Å². The third-order valence-corrected chi connectivity index (χ3v) is 7.98. The number of aromatic nitrogens is 1. The van der Waals surface area contributed by atoms with Crippen molar-refractivity contribution in [1.82, 2.24) is 5.32 Å². The number of aryl methyl sites for hydroxylation is 1. The topological polar surface area (TPSA) is 89.8 Å². The van der Waals surface area contributed by atoms with Crippen molar-refractivity contribution in [3.8, 4) is 0 Å². The molecule has 1 heterocycles. The van der Waals surface area contributed by atoms with E-state index in [0.29, 0.717) is 6.54 Å². The van der Waals surface area contributed by atoms with Gasteiger partial charge in [0.1, 0.15) is 25.0 Å². The number of hydrogen-bond donors (Lipinski definition) is 2. The summed E-state index contributed by atoms with van der Waals surface area (Å²) in [7, 11) is 1.50. The third-order valence-electron chi connectivity index (χ3n) is 6.97. The maximum Gasteiger partial charge on any atom is 0.505 e. The zero-order valence-electron chi connectivity index (χ0n) is 25.2. The molecule has 0 aromatic carbocycles. The third kappa shape index (κ3) is 18.2. The Kier molecular flexibility index (Phi) is 21.6. The number of ether oxygens (including phenoxy) is 3. The van der Waals surface area contributed by atoms with Gasteiger partial charge in [-0.2, -0.15) is 10.1 Å². The van der Waals surface area contributed by atoms with Crippen molar-refractivity contribution in [3.05, 3.63) is 11.1 Å². The number of anilines is 1. The number of methoxy groups -OCH3 is 1. The van der Waals surface area contributed by atoms with Gasteiger partial charge < -0.3 is 19.5 Å². The summed E-state index contributed by atoms with van der Waals surface area (Å²) in [6, 6.07) is 0. The van der Waals surface area contributed by atoms with E-state index in [1.54, 1.807) is 0 Å². The Balaban J connectivity index is 1.94. The first kappa shape index (κ1) is 35.2. The lowest BCUT2D eigenvalue weighted by molar-refractivity contribution is -0.681. The van der Waals surface area contributed by atoms with E-state index in [-0.39, 0.29) is 13.2 Å². The molecule has 2 N–H and O–H groups in total. The van der Waals surface area contributed by atoms with E-state index in [4.69, 9.17) is 14.2 Å². The fourth-order valence-electron chi connectivity index (χ4n) is 4.48. The molecule has 2 amide bonds. The number of thiazole rings is 1. The summed E-state index contributed by atoms with van der Waals surface area (Å²) < 4.78 is 17.7. The van der Waals surface area contributed by atoms with Gasteiger partial charge in [-0.3, -0.25) is 0 Å². The van der Waals surface area contributed by atoms with Gasteiger partial charge in [0.05, 0.1) is 6.54 Å². The molecule has 226 valence electrons. The quantitative estimate of drug-likeness (QED) is 0.0973. The summed E-state index contributed by atoms with van der Waals surface area (Å²) in [5.74, 6) is 0. The fourth-order valence-corrected chi connectivity index (χ4v) is 5.43. The van der Waals surface area contributed by atoms with E-state index in [1.165, 1.54) is 108 Å². The summed E-state index contributed by atoms with van der Waals surface area (Å²) in [6.07, 6.45) is 19.6. The molecule has 0 saturated heterocycles. The van der Waals surface area contributed by atoms with Crippen LogP contribution in [0.15, 0.2) is 5.38 Å². The number of hydrogen-bond acceptors (Lipinski definition) is 6. The number of unbranched alkanes of at least 4 members (excludes halogenated alkanes) is 15. The predicted octanol–water partition coefficient (Wildman–Crippen LogP) is 7.92. The normalized spacial score (nSPS) is 11.8. The molecule has 1 atom stereocenters. The van der Waals surface area contributed by atoms with Crippen LogP contribution in [0.3, 0.4) is 0 Å². The van der Waals surface area contributed by atoms with Gasteiger partial charge in [0.2, 0.25) is 0 Å². The van der Waals surface area contributed by atoms with Gasteiger partial charge in [0.25, 0.3) is 0 Å². The molecule has 1 aromatic heterocycles.